The molecule has 0 saturated heterocycles. The fourth-order valence-electron chi connectivity index (χ4n) is 0.732. The van der Waals surface area contributed by atoms with E-state index in [9.17, 15) is 4.79 Å². The molecule has 0 fully saturated rings. The second kappa shape index (κ2) is 4.62. The van der Waals surface area contributed by atoms with Crippen molar-refractivity contribution in [3.8, 4) is 5.75 Å². The van der Waals surface area contributed by atoms with Crippen LogP contribution in [0.3, 0.4) is 0 Å². The number of hydrogen-bond acceptors (Lipinski definition) is 3. The number of ether oxygens (including phenoxy) is 1. The second-order valence-corrected chi connectivity index (χ2v) is 2.10. The minimum atomic E-state index is -0.163. The van der Waals surface area contributed by atoms with E-state index in [0.717, 1.165) is 0 Å². The predicted octanol–water partition coefficient (Wildman–Crippen LogP) is 1.06. The highest BCUT2D eigenvalue weighted by Crippen LogP contribution is 2.03. The Labute approximate surface area is 76.6 Å². The Hall–Kier alpha value is -1.22. The van der Waals surface area contributed by atoms with Crippen molar-refractivity contribution < 1.29 is 4.74 Å². The molecule has 0 amide bonds. The molecule has 0 heterocycles. The van der Waals surface area contributed by atoms with Crippen LogP contribution in [-0.4, -0.2) is 7.11 Å². The summed E-state index contributed by atoms with van der Waals surface area (Å²) >= 11 is 0. The van der Waals surface area contributed by atoms with Crippen molar-refractivity contribution >= 4 is 18.1 Å². The number of nitrogen functional groups attached to an aromatic ring is 1. The third-order valence-corrected chi connectivity index (χ3v) is 1.32. The Bertz CT molecular complexity index is 314. The lowest BCUT2D eigenvalue weighted by Crippen LogP contribution is -1.98. The first kappa shape index (κ1) is 10.8. The maximum absolute atomic E-state index is 11.0. The molecule has 1 rings (SSSR count). The van der Waals surface area contributed by atoms with E-state index in [4.69, 9.17) is 10.5 Å². The van der Waals surface area contributed by atoms with Gasteiger partial charge in [0.05, 0.1) is 7.11 Å². The highest BCUT2D eigenvalue weighted by Gasteiger charge is 1.92. The Morgan fingerprint density at radius 1 is 1.25 bits per heavy atom. The third-order valence-electron chi connectivity index (χ3n) is 1.32. The Balaban J connectivity index is 0.00000121. The summed E-state index contributed by atoms with van der Waals surface area (Å²) in [7, 11) is 1.45. The van der Waals surface area contributed by atoms with E-state index in [2.05, 4.69) is 0 Å². The summed E-state index contributed by atoms with van der Waals surface area (Å²) in [6.45, 7) is 0. The number of nitrogens with two attached hydrogens (primary N) is 1. The molecule has 12 heavy (non-hydrogen) atoms. The van der Waals surface area contributed by atoms with Gasteiger partial charge in [0.25, 0.3) is 0 Å². The third kappa shape index (κ3) is 2.43. The van der Waals surface area contributed by atoms with Gasteiger partial charge in [0.1, 0.15) is 0 Å². The van der Waals surface area contributed by atoms with E-state index in [1.165, 1.54) is 13.2 Å². The van der Waals surface area contributed by atoms with Crippen LogP contribution < -0.4 is 15.9 Å². The van der Waals surface area contributed by atoms with Crippen LogP contribution in [0.25, 0.3) is 0 Å². The minimum Gasteiger partial charge on any atom is -0.493 e. The quantitative estimate of drug-likeness (QED) is 0.716. The molecular formula is C8H10ClNO2. The molecule has 0 aromatic heterocycles. The Kier molecular flexibility index (Phi) is 4.15. The van der Waals surface area contributed by atoms with Gasteiger partial charge >= 0.3 is 0 Å². The zero-order chi connectivity index (χ0) is 8.27. The zero-order valence-electron chi connectivity index (χ0n) is 6.61. The van der Waals surface area contributed by atoms with Crippen LogP contribution in [0.1, 0.15) is 0 Å². The van der Waals surface area contributed by atoms with Gasteiger partial charge in [0.15, 0.2) is 5.75 Å². The number of methoxy groups -OCH3 is 1. The molecule has 0 bridgehead atoms. The number of anilines is 1. The molecule has 0 spiro atoms. The van der Waals surface area contributed by atoms with Crippen LogP contribution in [0.4, 0.5) is 5.69 Å². The van der Waals surface area contributed by atoms with Gasteiger partial charge in [0.2, 0.25) is 5.43 Å². The molecule has 0 aliphatic heterocycles. The summed E-state index contributed by atoms with van der Waals surface area (Å²) in [6, 6.07) is 6.11. The summed E-state index contributed by atoms with van der Waals surface area (Å²) in [6.07, 6.45) is 0. The molecule has 4 heteroatoms. The largest absolute Gasteiger partial charge is 0.493 e. The average Bonchev–Trinajstić information content (AvgIpc) is 2.15. The van der Waals surface area contributed by atoms with Crippen LogP contribution in [0.2, 0.25) is 0 Å². The maximum Gasteiger partial charge on any atom is 0.220 e. The van der Waals surface area contributed by atoms with Gasteiger partial charge in [-0.3, -0.25) is 4.79 Å². The second-order valence-electron chi connectivity index (χ2n) is 2.10. The molecule has 0 aliphatic carbocycles. The molecule has 0 radical (unpaired) electrons. The van der Waals surface area contributed by atoms with E-state index in [0.29, 0.717) is 11.4 Å². The number of halogens is 1. The topological polar surface area (TPSA) is 52.3 Å². The molecule has 2 N–H and O–H groups in total. The predicted molar refractivity (Wildman–Crippen MR) is 50.9 cm³/mol. The molecule has 1 aromatic rings. The molecule has 0 unspecified atom stereocenters. The first-order valence-corrected chi connectivity index (χ1v) is 3.18. The fraction of sp³-hybridized carbons (Fsp3) is 0.125. The van der Waals surface area contributed by atoms with Gasteiger partial charge < -0.3 is 10.5 Å². The van der Waals surface area contributed by atoms with Crippen LogP contribution in [0.15, 0.2) is 29.1 Å². The smallest absolute Gasteiger partial charge is 0.220 e. The van der Waals surface area contributed by atoms with Gasteiger partial charge in [-0.2, -0.15) is 0 Å². The van der Waals surface area contributed by atoms with Crippen molar-refractivity contribution in [2.75, 3.05) is 12.8 Å². The Morgan fingerprint density at radius 2 is 1.83 bits per heavy atom. The van der Waals surface area contributed by atoms with Crippen molar-refractivity contribution in [1.29, 1.82) is 0 Å². The van der Waals surface area contributed by atoms with Crippen molar-refractivity contribution in [1.82, 2.24) is 0 Å². The van der Waals surface area contributed by atoms with Gasteiger partial charge in [-0.1, -0.05) is 0 Å². The average molecular weight is 188 g/mol. The van der Waals surface area contributed by atoms with Crippen LogP contribution in [0, 0.1) is 0 Å². The van der Waals surface area contributed by atoms with Crippen LogP contribution in [0.5, 0.6) is 5.75 Å². The van der Waals surface area contributed by atoms with Crippen molar-refractivity contribution in [3.05, 3.63) is 34.5 Å². The molecular weight excluding hydrogens is 178 g/mol. The molecule has 0 saturated carbocycles. The van der Waals surface area contributed by atoms with E-state index in [1.54, 1.807) is 18.2 Å². The summed E-state index contributed by atoms with van der Waals surface area (Å²) in [5.74, 6) is 0.307. The normalized spacial score (nSPS) is 8.42. The van der Waals surface area contributed by atoms with Gasteiger partial charge in [0, 0.05) is 5.69 Å². The highest BCUT2D eigenvalue weighted by molar-refractivity contribution is 5.85. The highest BCUT2D eigenvalue weighted by atomic mass is 35.5. The molecule has 1 aromatic carbocycles. The lowest BCUT2D eigenvalue weighted by molar-refractivity contribution is 0.411. The number of hydrogen-bond donors (Lipinski definition) is 1. The first-order valence-electron chi connectivity index (χ1n) is 3.18. The fourth-order valence-corrected chi connectivity index (χ4v) is 0.732. The first-order chi connectivity index (χ1) is 5.24. The summed E-state index contributed by atoms with van der Waals surface area (Å²) in [5, 5.41) is 0. The van der Waals surface area contributed by atoms with E-state index in [1.807, 2.05) is 0 Å². The van der Waals surface area contributed by atoms with E-state index < -0.39 is 0 Å². The standard InChI is InChI=1S/C8H9NO2.ClH/c1-11-8-5-3-6(9)2-4-7(8)10;/h2-5H,9H2,1H3;1H. The zero-order valence-corrected chi connectivity index (χ0v) is 7.43. The number of rotatable bonds is 1. The van der Waals surface area contributed by atoms with Crippen molar-refractivity contribution in [2.45, 2.75) is 0 Å². The molecule has 0 aliphatic rings. The Morgan fingerprint density at radius 3 is 2.42 bits per heavy atom. The molecule has 3 nitrogen and oxygen atoms in total. The monoisotopic (exact) mass is 187 g/mol. The minimum absolute atomic E-state index is 0. The van der Waals surface area contributed by atoms with Gasteiger partial charge in [-0.25, -0.2) is 0 Å². The summed E-state index contributed by atoms with van der Waals surface area (Å²) in [4.78, 5) is 11.0. The maximum atomic E-state index is 11.0. The van der Waals surface area contributed by atoms with Crippen LogP contribution in [-0.2, 0) is 0 Å². The van der Waals surface area contributed by atoms with Gasteiger partial charge in [-0.05, 0) is 24.3 Å². The van der Waals surface area contributed by atoms with Crippen molar-refractivity contribution in [3.63, 3.8) is 0 Å². The molecule has 66 valence electrons. The van der Waals surface area contributed by atoms with E-state index in [-0.39, 0.29) is 17.8 Å². The van der Waals surface area contributed by atoms with Gasteiger partial charge in [-0.15, -0.1) is 12.4 Å². The molecule has 0 atom stereocenters. The van der Waals surface area contributed by atoms with Crippen molar-refractivity contribution in [2.24, 2.45) is 0 Å². The SMILES string of the molecule is COc1ccc(N)ccc1=O.Cl. The lowest BCUT2D eigenvalue weighted by Gasteiger charge is -1.89. The van der Waals surface area contributed by atoms with E-state index >= 15 is 0 Å². The lowest BCUT2D eigenvalue weighted by atomic mass is 10.4. The van der Waals surface area contributed by atoms with Crippen LogP contribution >= 0.6 is 12.4 Å². The summed E-state index contributed by atoms with van der Waals surface area (Å²) in [5.41, 5.74) is 5.82. The summed E-state index contributed by atoms with van der Waals surface area (Å²) < 4.78 is 4.79.